The lowest BCUT2D eigenvalue weighted by Crippen LogP contribution is -1.96. The molecular weight excluding hydrogens is 168 g/mol. The van der Waals surface area contributed by atoms with Gasteiger partial charge in [-0.05, 0) is 36.5 Å². The molecule has 0 heterocycles. The minimum absolute atomic E-state index is 0.701. The summed E-state index contributed by atoms with van der Waals surface area (Å²) < 4.78 is 0. The van der Waals surface area contributed by atoms with E-state index < -0.39 is 0 Å². The monoisotopic (exact) mass is 186 g/mol. The second kappa shape index (κ2) is 5.50. The summed E-state index contributed by atoms with van der Waals surface area (Å²) in [5.41, 5.74) is 2.40. The summed E-state index contributed by atoms with van der Waals surface area (Å²) in [6, 6.07) is 8.40. The van der Waals surface area contributed by atoms with Crippen LogP contribution in [-0.4, -0.2) is 0 Å². The summed E-state index contributed by atoms with van der Waals surface area (Å²) >= 11 is 0. The lowest BCUT2D eigenvalue weighted by atomic mass is 9.92. The summed E-state index contributed by atoms with van der Waals surface area (Å²) in [6.07, 6.45) is 9.04. The summed E-state index contributed by atoms with van der Waals surface area (Å²) in [4.78, 5) is 0. The largest absolute Gasteiger partial charge is 0.115 e. The summed E-state index contributed by atoms with van der Waals surface area (Å²) in [5, 5.41) is 0. The van der Waals surface area contributed by atoms with E-state index in [-0.39, 0.29) is 0 Å². The lowest BCUT2D eigenvalue weighted by Gasteiger charge is -2.13. The fraction of sp³-hybridized carbons (Fsp3) is 0.429. The molecule has 1 atom stereocenters. The highest BCUT2D eigenvalue weighted by molar-refractivity contribution is 5.35. The molecule has 0 fully saturated rings. The van der Waals surface area contributed by atoms with Crippen LogP contribution in [0.25, 0.3) is 0 Å². The van der Waals surface area contributed by atoms with Gasteiger partial charge in [0.15, 0.2) is 0 Å². The summed E-state index contributed by atoms with van der Waals surface area (Å²) in [7, 11) is 0. The maximum atomic E-state index is 5.32. The summed E-state index contributed by atoms with van der Waals surface area (Å²) in [6.45, 7) is 4.48. The van der Waals surface area contributed by atoms with E-state index in [0.717, 1.165) is 5.56 Å². The lowest BCUT2D eigenvalue weighted by molar-refractivity contribution is 0.596. The molecule has 1 aromatic carbocycles. The Hall–Kier alpha value is -1.22. The molecule has 0 heteroatoms. The topological polar surface area (TPSA) is 0 Å². The molecule has 0 saturated heterocycles. The maximum Gasteiger partial charge on any atom is 0.0242 e. The molecule has 0 aliphatic heterocycles. The van der Waals surface area contributed by atoms with Gasteiger partial charge < -0.3 is 0 Å². The van der Waals surface area contributed by atoms with E-state index in [1.54, 1.807) is 0 Å². The number of rotatable bonds is 4. The van der Waals surface area contributed by atoms with Gasteiger partial charge in [-0.2, -0.15) is 0 Å². The predicted octanol–water partition coefficient (Wildman–Crippen LogP) is 3.96. The number of terminal acetylenes is 1. The van der Waals surface area contributed by atoms with Crippen molar-refractivity contribution in [1.29, 1.82) is 0 Å². The van der Waals surface area contributed by atoms with Crippen LogP contribution in [0, 0.1) is 12.3 Å². The highest BCUT2D eigenvalue weighted by Crippen LogP contribution is 2.24. The first-order chi connectivity index (χ1) is 6.81. The smallest absolute Gasteiger partial charge is 0.0242 e. The molecule has 0 bridgehead atoms. The zero-order chi connectivity index (χ0) is 10.4. The first kappa shape index (κ1) is 10.9. The highest BCUT2D eigenvalue weighted by atomic mass is 14.1. The van der Waals surface area contributed by atoms with Crippen LogP contribution in [-0.2, 0) is 0 Å². The van der Waals surface area contributed by atoms with Crippen LogP contribution < -0.4 is 0 Å². The maximum absolute atomic E-state index is 5.32. The Morgan fingerprint density at radius 3 is 2.29 bits per heavy atom. The molecule has 1 rings (SSSR count). The molecular formula is C14H18. The van der Waals surface area contributed by atoms with E-state index in [1.165, 1.54) is 24.8 Å². The Morgan fingerprint density at radius 2 is 1.86 bits per heavy atom. The molecule has 0 nitrogen and oxygen atoms in total. The minimum Gasteiger partial charge on any atom is -0.115 e. The number of hydrogen-bond acceptors (Lipinski definition) is 0. The molecule has 0 aromatic heterocycles. The zero-order valence-corrected chi connectivity index (χ0v) is 9.09. The fourth-order valence-corrected chi connectivity index (χ4v) is 1.81. The average Bonchev–Trinajstić information content (AvgIpc) is 2.26. The van der Waals surface area contributed by atoms with Crippen molar-refractivity contribution in [3.63, 3.8) is 0 Å². The Labute approximate surface area is 87.4 Å². The quantitative estimate of drug-likeness (QED) is 0.624. The van der Waals surface area contributed by atoms with E-state index >= 15 is 0 Å². The van der Waals surface area contributed by atoms with E-state index in [0.29, 0.717) is 5.92 Å². The molecule has 0 N–H and O–H groups in total. The predicted molar refractivity (Wildman–Crippen MR) is 62.3 cm³/mol. The van der Waals surface area contributed by atoms with Gasteiger partial charge in [-0.3, -0.25) is 0 Å². The normalized spacial score (nSPS) is 12.1. The molecule has 0 radical (unpaired) electrons. The van der Waals surface area contributed by atoms with Gasteiger partial charge in [0.2, 0.25) is 0 Å². The summed E-state index contributed by atoms with van der Waals surface area (Å²) in [5.74, 6) is 3.34. The standard InChI is InChI=1S/C14H18/c1-4-7-13(6-3)14-10-8-12(5-2)9-11-14/h2,8-11,13H,4,6-7H2,1,3H3. The third kappa shape index (κ3) is 2.64. The molecule has 0 amide bonds. The van der Waals surface area contributed by atoms with Crippen LogP contribution in [0.3, 0.4) is 0 Å². The van der Waals surface area contributed by atoms with Crippen LogP contribution in [0.5, 0.6) is 0 Å². The van der Waals surface area contributed by atoms with Crippen molar-refractivity contribution in [2.75, 3.05) is 0 Å². The van der Waals surface area contributed by atoms with Crippen LogP contribution >= 0.6 is 0 Å². The minimum atomic E-state index is 0.701. The highest BCUT2D eigenvalue weighted by Gasteiger charge is 2.07. The van der Waals surface area contributed by atoms with Gasteiger partial charge in [0.05, 0.1) is 0 Å². The van der Waals surface area contributed by atoms with Gasteiger partial charge in [0.1, 0.15) is 0 Å². The second-order valence-corrected chi connectivity index (χ2v) is 3.66. The van der Waals surface area contributed by atoms with E-state index in [9.17, 15) is 0 Å². The molecule has 0 saturated carbocycles. The van der Waals surface area contributed by atoms with Crippen molar-refractivity contribution < 1.29 is 0 Å². The third-order valence-corrected chi connectivity index (χ3v) is 2.68. The van der Waals surface area contributed by atoms with E-state index in [4.69, 9.17) is 6.42 Å². The van der Waals surface area contributed by atoms with Crippen LogP contribution in [0.4, 0.5) is 0 Å². The van der Waals surface area contributed by atoms with Crippen molar-refractivity contribution in [1.82, 2.24) is 0 Å². The molecule has 1 unspecified atom stereocenters. The first-order valence-corrected chi connectivity index (χ1v) is 5.38. The van der Waals surface area contributed by atoms with Gasteiger partial charge in [0.25, 0.3) is 0 Å². The van der Waals surface area contributed by atoms with Crippen molar-refractivity contribution in [3.05, 3.63) is 35.4 Å². The second-order valence-electron chi connectivity index (χ2n) is 3.66. The molecule has 0 aliphatic carbocycles. The zero-order valence-electron chi connectivity index (χ0n) is 9.09. The molecule has 1 aromatic rings. The number of benzene rings is 1. The Bertz CT molecular complexity index is 300. The van der Waals surface area contributed by atoms with Gasteiger partial charge in [-0.25, -0.2) is 0 Å². The van der Waals surface area contributed by atoms with Crippen LogP contribution in [0.2, 0.25) is 0 Å². The molecule has 74 valence electrons. The fourth-order valence-electron chi connectivity index (χ4n) is 1.81. The SMILES string of the molecule is C#Cc1ccc(C(CC)CCC)cc1. The Balaban J connectivity index is 2.79. The van der Waals surface area contributed by atoms with Crippen LogP contribution in [0.1, 0.15) is 50.2 Å². The Morgan fingerprint density at radius 1 is 1.21 bits per heavy atom. The first-order valence-electron chi connectivity index (χ1n) is 5.38. The van der Waals surface area contributed by atoms with E-state index in [2.05, 4.69) is 31.9 Å². The van der Waals surface area contributed by atoms with Gasteiger partial charge in [0, 0.05) is 5.56 Å². The van der Waals surface area contributed by atoms with Gasteiger partial charge in [-0.15, -0.1) is 6.42 Å². The van der Waals surface area contributed by atoms with Crippen molar-refractivity contribution in [2.45, 2.75) is 39.0 Å². The van der Waals surface area contributed by atoms with Gasteiger partial charge in [-0.1, -0.05) is 38.3 Å². The van der Waals surface area contributed by atoms with Crippen LogP contribution in [0.15, 0.2) is 24.3 Å². The van der Waals surface area contributed by atoms with Crippen molar-refractivity contribution in [2.24, 2.45) is 0 Å². The van der Waals surface area contributed by atoms with Crippen molar-refractivity contribution in [3.8, 4) is 12.3 Å². The van der Waals surface area contributed by atoms with Crippen molar-refractivity contribution >= 4 is 0 Å². The Kier molecular flexibility index (Phi) is 4.26. The number of hydrogen-bond donors (Lipinski definition) is 0. The van der Waals surface area contributed by atoms with Gasteiger partial charge >= 0.3 is 0 Å². The molecule has 0 spiro atoms. The van der Waals surface area contributed by atoms with E-state index in [1.807, 2.05) is 12.1 Å². The average molecular weight is 186 g/mol. The third-order valence-electron chi connectivity index (χ3n) is 2.68. The molecule has 0 aliphatic rings. The molecule has 14 heavy (non-hydrogen) atoms.